The van der Waals surface area contributed by atoms with E-state index in [1.54, 1.807) is 22.8 Å². The zero-order valence-corrected chi connectivity index (χ0v) is 23.7. The number of carbonyl (C=O) groups is 1. The molecule has 7 nitrogen and oxygen atoms in total. The van der Waals surface area contributed by atoms with Crippen LogP contribution < -0.4 is 15.8 Å². The predicted molar refractivity (Wildman–Crippen MR) is 162 cm³/mol. The Balaban J connectivity index is 1.22. The number of nitrogens with one attached hydrogen (secondary N) is 1. The molecule has 39 heavy (non-hydrogen) atoms. The molecule has 10 heteroatoms. The predicted octanol–water partition coefficient (Wildman–Crippen LogP) is 5.65. The first-order valence-electron chi connectivity index (χ1n) is 12.9. The van der Waals surface area contributed by atoms with Crippen molar-refractivity contribution in [2.24, 2.45) is 0 Å². The Morgan fingerprint density at radius 2 is 1.69 bits per heavy atom. The number of hydrogen-bond acceptors (Lipinski definition) is 6. The normalized spacial score (nSPS) is 14.1. The SMILES string of the molecule is O=C(CSc1nc2ccccc2c(=O)n1CCCN1CCN(c2cccc(Cl)c2)CC1)Nc1ccccc1Cl. The van der Waals surface area contributed by atoms with Crippen LogP contribution in [-0.2, 0) is 11.3 Å². The molecule has 1 N–H and O–H groups in total. The van der Waals surface area contributed by atoms with Crippen LogP contribution in [0.3, 0.4) is 0 Å². The lowest BCUT2D eigenvalue weighted by Crippen LogP contribution is -2.46. The summed E-state index contributed by atoms with van der Waals surface area (Å²) in [5, 5.41) is 5.18. The number of carbonyl (C=O) groups excluding carboxylic acids is 1. The van der Waals surface area contributed by atoms with Crippen LogP contribution in [0, 0.1) is 0 Å². The molecule has 0 radical (unpaired) electrons. The van der Waals surface area contributed by atoms with Gasteiger partial charge in [0.15, 0.2) is 5.16 Å². The minimum atomic E-state index is -0.209. The monoisotopic (exact) mass is 581 g/mol. The quantitative estimate of drug-likeness (QED) is 0.203. The number of fused-ring (bicyclic) bond motifs is 1. The van der Waals surface area contributed by atoms with Crippen molar-refractivity contribution in [2.75, 3.05) is 48.7 Å². The summed E-state index contributed by atoms with van der Waals surface area (Å²) in [4.78, 5) is 35.6. The Hall–Kier alpha value is -3.04. The first-order valence-corrected chi connectivity index (χ1v) is 14.6. The summed E-state index contributed by atoms with van der Waals surface area (Å²) in [6.45, 7) is 5.15. The number of para-hydroxylation sites is 2. The van der Waals surface area contributed by atoms with Gasteiger partial charge in [0.25, 0.3) is 5.56 Å². The second-order valence-corrected chi connectivity index (χ2v) is 11.1. The van der Waals surface area contributed by atoms with E-state index >= 15 is 0 Å². The Bertz CT molecular complexity index is 1520. The van der Waals surface area contributed by atoms with E-state index in [-0.39, 0.29) is 17.2 Å². The van der Waals surface area contributed by atoms with Crippen molar-refractivity contribution in [3.05, 3.63) is 93.2 Å². The van der Waals surface area contributed by atoms with Gasteiger partial charge in [0.2, 0.25) is 5.91 Å². The highest BCUT2D eigenvalue weighted by Crippen LogP contribution is 2.23. The minimum absolute atomic E-state index is 0.0830. The number of anilines is 2. The van der Waals surface area contributed by atoms with Crippen molar-refractivity contribution < 1.29 is 4.79 Å². The van der Waals surface area contributed by atoms with Crippen LogP contribution in [0.2, 0.25) is 10.0 Å². The molecule has 4 aromatic rings. The van der Waals surface area contributed by atoms with E-state index in [4.69, 9.17) is 28.2 Å². The second kappa shape index (κ2) is 12.9. The molecule has 0 bridgehead atoms. The maximum atomic E-state index is 13.4. The molecule has 1 amide bonds. The third-order valence-corrected chi connectivity index (χ3v) is 8.25. The fourth-order valence-corrected chi connectivity index (χ4v) is 5.88. The molecule has 0 spiro atoms. The van der Waals surface area contributed by atoms with Crippen LogP contribution in [0.25, 0.3) is 10.9 Å². The number of piperazine rings is 1. The van der Waals surface area contributed by atoms with Gasteiger partial charge in [-0.25, -0.2) is 4.98 Å². The van der Waals surface area contributed by atoms with Gasteiger partial charge in [-0.1, -0.05) is 65.3 Å². The van der Waals surface area contributed by atoms with Crippen molar-refractivity contribution in [3.8, 4) is 0 Å². The minimum Gasteiger partial charge on any atom is -0.369 e. The molecule has 1 aromatic heterocycles. The van der Waals surface area contributed by atoms with E-state index in [0.717, 1.165) is 49.9 Å². The van der Waals surface area contributed by atoms with Gasteiger partial charge >= 0.3 is 0 Å². The standard InChI is InChI=1S/C29H29Cl2N5O2S/c30-21-7-5-8-22(19-21)35-17-15-34(16-18-35)13-6-14-36-28(38)23-9-1-3-11-25(23)33-29(36)39-20-27(37)32-26-12-4-2-10-24(26)31/h1-5,7-12,19H,6,13-18,20H2,(H,32,37). The van der Waals surface area contributed by atoms with Crippen molar-refractivity contribution in [3.63, 3.8) is 0 Å². The summed E-state index contributed by atoms with van der Waals surface area (Å²) in [6.07, 6.45) is 0.802. The van der Waals surface area contributed by atoms with Gasteiger partial charge in [0.05, 0.1) is 27.4 Å². The average Bonchev–Trinajstić information content (AvgIpc) is 2.95. The van der Waals surface area contributed by atoms with Crippen molar-refractivity contribution in [2.45, 2.75) is 18.1 Å². The van der Waals surface area contributed by atoms with E-state index in [1.165, 1.54) is 11.8 Å². The number of hydrogen-bond donors (Lipinski definition) is 1. The molecule has 0 unspecified atom stereocenters. The number of nitrogens with zero attached hydrogens (tertiary/aromatic N) is 4. The van der Waals surface area contributed by atoms with Gasteiger partial charge in [-0.3, -0.25) is 19.1 Å². The molecule has 1 saturated heterocycles. The summed E-state index contributed by atoms with van der Waals surface area (Å²) >= 11 is 13.6. The summed E-state index contributed by atoms with van der Waals surface area (Å²) in [5.41, 5.74) is 2.26. The Labute approximate surface area is 241 Å². The summed E-state index contributed by atoms with van der Waals surface area (Å²) in [5.74, 6) is -0.0961. The average molecular weight is 583 g/mol. The molecule has 0 atom stereocenters. The lowest BCUT2D eigenvalue weighted by Gasteiger charge is -2.36. The van der Waals surface area contributed by atoms with Gasteiger partial charge in [0, 0.05) is 43.4 Å². The van der Waals surface area contributed by atoms with Crippen LogP contribution in [0.15, 0.2) is 82.7 Å². The van der Waals surface area contributed by atoms with E-state index in [0.29, 0.717) is 33.3 Å². The third-order valence-electron chi connectivity index (χ3n) is 6.71. The first-order chi connectivity index (χ1) is 19.0. The third kappa shape index (κ3) is 6.94. The van der Waals surface area contributed by atoms with Crippen LogP contribution in [0.4, 0.5) is 11.4 Å². The van der Waals surface area contributed by atoms with Crippen molar-refractivity contribution >= 4 is 63.1 Å². The molecule has 0 saturated carbocycles. The van der Waals surface area contributed by atoms with E-state index in [2.05, 4.69) is 21.2 Å². The summed E-state index contributed by atoms with van der Waals surface area (Å²) in [6, 6.07) is 22.4. The number of aromatic nitrogens is 2. The number of amides is 1. The largest absolute Gasteiger partial charge is 0.369 e. The molecule has 202 valence electrons. The maximum Gasteiger partial charge on any atom is 0.262 e. The van der Waals surface area contributed by atoms with Crippen molar-refractivity contribution in [1.29, 1.82) is 0 Å². The van der Waals surface area contributed by atoms with Gasteiger partial charge < -0.3 is 10.2 Å². The molecule has 1 aliphatic heterocycles. The lowest BCUT2D eigenvalue weighted by atomic mass is 10.2. The highest BCUT2D eigenvalue weighted by atomic mass is 35.5. The summed E-state index contributed by atoms with van der Waals surface area (Å²) < 4.78 is 1.71. The molecule has 5 rings (SSSR count). The molecular formula is C29H29Cl2N5O2S. The number of thioether (sulfide) groups is 1. The number of halogens is 2. The molecule has 1 fully saturated rings. The van der Waals surface area contributed by atoms with E-state index in [1.807, 2.05) is 48.5 Å². The van der Waals surface area contributed by atoms with Gasteiger partial charge in [-0.05, 0) is 55.4 Å². The zero-order valence-electron chi connectivity index (χ0n) is 21.4. The van der Waals surface area contributed by atoms with E-state index in [9.17, 15) is 9.59 Å². The Morgan fingerprint density at radius 3 is 2.49 bits per heavy atom. The molecule has 3 aromatic carbocycles. The fraction of sp³-hybridized carbons (Fsp3) is 0.276. The summed E-state index contributed by atoms with van der Waals surface area (Å²) in [7, 11) is 0. The zero-order chi connectivity index (χ0) is 27.2. The molecular weight excluding hydrogens is 553 g/mol. The van der Waals surface area contributed by atoms with Gasteiger partial charge in [0.1, 0.15) is 0 Å². The molecule has 0 aliphatic carbocycles. The highest BCUT2D eigenvalue weighted by molar-refractivity contribution is 7.99. The Morgan fingerprint density at radius 1 is 0.923 bits per heavy atom. The van der Waals surface area contributed by atoms with Crippen LogP contribution >= 0.6 is 35.0 Å². The molecule has 1 aliphatic rings. The van der Waals surface area contributed by atoms with Crippen LogP contribution in [-0.4, -0.2) is 58.8 Å². The smallest absolute Gasteiger partial charge is 0.262 e. The topological polar surface area (TPSA) is 70.5 Å². The first kappa shape index (κ1) is 27.5. The van der Waals surface area contributed by atoms with Crippen LogP contribution in [0.1, 0.15) is 6.42 Å². The lowest BCUT2D eigenvalue weighted by molar-refractivity contribution is -0.113. The van der Waals surface area contributed by atoms with Crippen LogP contribution in [0.5, 0.6) is 0 Å². The highest BCUT2D eigenvalue weighted by Gasteiger charge is 2.18. The second-order valence-electron chi connectivity index (χ2n) is 9.35. The molecule has 2 heterocycles. The Kier molecular flexibility index (Phi) is 9.09. The van der Waals surface area contributed by atoms with Gasteiger partial charge in [-0.2, -0.15) is 0 Å². The fourth-order valence-electron chi connectivity index (χ4n) is 4.69. The van der Waals surface area contributed by atoms with E-state index < -0.39 is 0 Å². The van der Waals surface area contributed by atoms with Crippen molar-refractivity contribution in [1.82, 2.24) is 14.5 Å². The van der Waals surface area contributed by atoms with Gasteiger partial charge in [-0.15, -0.1) is 0 Å². The number of rotatable bonds is 9. The maximum absolute atomic E-state index is 13.4. The number of benzene rings is 3.